The van der Waals surface area contributed by atoms with Gasteiger partial charge < -0.3 is 24.4 Å². The summed E-state index contributed by atoms with van der Waals surface area (Å²) in [6.07, 6.45) is 4.83. The fraction of sp³-hybridized carbons (Fsp3) is 0.370. The molecule has 0 unspecified atom stereocenters. The quantitative estimate of drug-likeness (QED) is 0.452. The highest BCUT2D eigenvalue weighted by Crippen LogP contribution is 2.27. The van der Waals surface area contributed by atoms with Gasteiger partial charge in [0.15, 0.2) is 11.5 Å². The Kier molecular flexibility index (Phi) is 8.51. The molecule has 1 fully saturated rings. The van der Waals surface area contributed by atoms with E-state index in [0.717, 1.165) is 30.8 Å². The van der Waals surface area contributed by atoms with Crippen LogP contribution in [0.5, 0.6) is 17.5 Å². The molecule has 0 atom stereocenters. The Balaban J connectivity index is 1.33. The molecule has 0 radical (unpaired) electrons. The second-order valence-electron chi connectivity index (χ2n) is 8.40. The number of hydrogen-bond donors (Lipinski definition) is 1. The van der Waals surface area contributed by atoms with Gasteiger partial charge in [-0.25, -0.2) is 4.98 Å². The monoisotopic (exact) mass is 476 g/mol. The molecule has 2 heterocycles. The lowest BCUT2D eigenvalue weighted by Crippen LogP contribution is -2.33. The van der Waals surface area contributed by atoms with Crippen molar-refractivity contribution in [3.05, 3.63) is 65.9 Å². The van der Waals surface area contributed by atoms with Crippen molar-refractivity contribution < 1.29 is 19.0 Å². The van der Waals surface area contributed by atoms with Crippen molar-refractivity contribution in [2.75, 3.05) is 47.0 Å². The first-order valence-corrected chi connectivity index (χ1v) is 11.9. The topological polar surface area (TPSA) is 85.8 Å². The van der Waals surface area contributed by atoms with Gasteiger partial charge in [0.2, 0.25) is 0 Å². The number of likely N-dealkylation sites (tertiary alicyclic amines) is 1. The largest absolute Gasteiger partial charge is 0.493 e. The van der Waals surface area contributed by atoms with E-state index in [1.165, 1.54) is 12.8 Å². The van der Waals surface area contributed by atoms with Gasteiger partial charge in [-0.3, -0.25) is 4.79 Å². The molecule has 1 saturated heterocycles. The number of carbonyl (C=O) groups is 1. The SMILES string of the molecule is COc1ccc(CCOc2nccc(-c3cccc(C(=O)NCCN4CCCC4)c3)n2)cc1OC. The minimum absolute atomic E-state index is 0.0773. The van der Waals surface area contributed by atoms with E-state index in [9.17, 15) is 4.79 Å². The third kappa shape index (κ3) is 6.70. The van der Waals surface area contributed by atoms with Gasteiger partial charge in [0.1, 0.15) is 0 Å². The molecule has 1 aliphatic heterocycles. The molecular weight excluding hydrogens is 444 g/mol. The first kappa shape index (κ1) is 24.5. The number of benzene rings is 2. The number of amides is 1. The van der Waals surface area contributed by atoms with Crippen LogP contribution in [0.4, 0.5) is 0 Å². The number of nitrogens with one attached hydrogen (secondary N) is 1. The molecule has 184 valence electrons. The summed E-state index contributed by atoms with van der Waals surface area (Å²) < 4.78 is 16.4. The summed E-state index contributed by atoms with van der Waals surface area (Å²) in [5.74, 6) is 1.30. The van der Waals surface area contributed by atoms with Crippen LogP contribution >= 0.6 is 0 Å². The normalized spacial score (nSPS) is 13.4. The maximum Gasteiger partial charge on any atom is 0.316 e. The second kappa shape index (κ2) is 12.2. The third-order valence-electron chi connectivity index (χ3n) is 6.04. The predicted molar refractivity (Wildman–Crippen MR) is 134 cm³/mol. The molecule has 1 amide bonds. The van der Waals surface area contributed by atoms with Crippen molar-refractivity contribution >= 4 is 5.91 Å². The first-order valence-electron chi connectivity index (χ1n) is 11.9. The number of hydrogen-bond acceptors (Lipinski definition) is 7. The Labute approximate surface area is 206 Å². The van der Waals surface area contributed by atoms with Crippen LogP contribution in [0.1, 0.15) is 28.8 Å². The van der Waals surface area contributed by atoms with E-state index in [-0.39, 0.29) is 5.91 Å². The number of methoxy groups -OCH3 is 2. The molecule has 4 rings (SSSR count). The Morgan fingerprint density at radius 2 is 1.86 bits per heavy atom. The van der Waals surface area contributed by atoms with Crippen molar-refractivity contribution in [3.8, 4) is 28.8 Å². The number of ether oxygens (including phenoxy) is 3. The van der Waals surface area contributed by atoms with Crippen molar-refractivity contribution in [1.29, 1.82) is 0 Å². The molecule has 1 N–H and O–H groups in total. The zero-order valence-electron chi connectivity index (χ0n) is 20.3. The summed E-state index contributed by atoms with van der Waals surface area (Å²) in [6, 6.07) is 15.3. The molecule has 8 heteroatoms. The van der Waals surface area contributed by atoms with E-state index in [1.54, 1.807) is 20.4 Å². The minimum Gasteiger partial charge on any atom is -0.493 e. The highest BCUT2D eigenvalue weighted by atomic mass is 16.5. The van der Waals surface area contributed by atoms with Gasteiger partial charge in [-0.15, -0.1) is 0 Å². The molecule has 0 bridgehead atoms. The fourth-order valence-electron chi connectivity index (χ4n) is 4.12. The zero-order valence-corrected chi connectivity index (χ0v) is 20.3. The van der Waals surface area contributed by atoms with E-state index in [2.05, 4.69) is 20.2 Å². The maximum atomic E-state index is 12.6. The lowest BCUT2D eigenvalue weighted by Gasteiger charge is -2.14. The van der Waals surface area contributed by atoms with Gasteiger partial charge in [-0.05, 0) is 61.8 Å². The summed E-state index contributed by atoms with van der Waals surface area (Å²) >= 11 is 0. The Hall–Kier alpha value is -3.65. The molecule has 2 aromatic carbocycles. The molecule has 3 aromatic rings. The molecular formula is C27H32N4O4. The smallest absolute Gasteiger partial charge is 0.316 e. The van der Waals surface area contributed by atoms with Gasteiger partial charge >= 0.3 is 6.01 Å². The molecule has 1 aromatic heterocycles. The number of rotatable bonds is 11. The summed E-state index contributed by atoms with van der Waals surface area (Å²) in [6.45, 7) is 4.20. The zero-order chi connectivity index (χ0) is 24.5. The number of nitrogens with zero attached hydrogens (tertiary/aromatic N) is 3. The summed E-state index contributed by atoms with van der Waals surface area (Å²) in [5.41, 5.74) is 3.21. The molecule has 35 heavy (non-hydrogen) atoms. The van der Waals surface area contributed by atoms with Crippen LogP contribution in [0.15, 0.2) is 54.7 Å². The van der Waals surface area contributed by atoms with Crippen LogP contribution in [-0.4, -0.2) is 67.8 Å². The van der Waals surface area contributed by atoms with Crippen LogP contribution in [0, 0.1) is 0 Å². The van der Waals surface area contributed by atoms with Crippen LogP contribution in [0.3, 0.4) is 0 Å². The predicted octanol–water partition coefficient (Wildman–Crippen LogP) is 3.61. The van der Waals surface area contributed by atoms with Crippen molar-refractivity contribution in [2.45, 2.75) is 19.3 Å². The summed E-state index contributed by atoms with van der Waals surface area (Å²) in [5, 5.41) is 3.02. The Morgan fingerprint density at radius 1 is 1.03 bits per heavy atom. The van der Waals surface area contributed by atoms with E-state index in [0.29, 0.717) is 48.3 Å². The minimum atomic E-state index is -0.0773. The van der Waals surface area contributed by atoms with Crippen molar-refractivity contribution in [2.24, 2.45) is 0 Å². The van der Waals surface area contributed by atoms with E-state index < -0.39 is 0 Å². The lowest BCUT2D eigenvalue weighted by atomic mass is 10.1. The summed E-state index contributed by atoms with van der Waals surface area (Å²) in [4.78, 5) is 23.8. The summed E-state index contributed by atoms with van der Waals surface area (Å²) in [7, 11) is 3.23. The van der Waals surface area contributed by atoms with Crippen LogP contribution in [-0.2, 0) is 6.42 Å². The highest BCUT2D eigenvalue weighted by Gasteiger charge is 2.13. The first-order chi connectivity index (χ1) is 17.2. The average molecular weight is 477 g/mol. The molecule has 1 aliphatic rings. The van der Waals surface area contributed by atoms with Gasteiger partial charge in [-0.2, -0.15) is 4.98 Å². The van der Waals surface area contributed by atoms with Crippen LogP contribution in [0.2, 0.25) is 0 Å². The van der Waals surface area contributed by atoms with Crippen LogP contribution in [0.25, 0.3) is 11.3 Å². The van der Waals surface area contributed by atoms with Gasteiger partial charge in [0, 0.05) is 36.8 Å². The van der Waals surface area contributed by atoms with Gasteiger partial charge in [0.25, 0.3) is 5.91 Å². The second-order valence-corrected chi connectivity index (χ2v) is 8.40. The van der Waals surface area contributed by atoms with Gasteiger partial charge in [0.05, 0.1) is 26.5 Å². The fourth-order valence-corrected chi connectivity index (χ4v) is 4.12. The molecule has 0 saturated carbocycles. The average Bonchev–Trinajstić information content (AvgIpc) is 3.42. The van der Waals surface area contributed by atoms with Gasteiger partial charge in [-0.1, -0.05) is 18.2 Å². The number of aromatic nitrogens is 2. The Bertz CT molecular complexity index is 1130. The van der Waals surface area contributed by atoms with E-state index >= 15 is 0 Å². The van der Waals surface area contributed by atoms with E-state index in [1.807, 2.05) is 48.5 Å². The standard InChI is InChI=1S/C27H32N4O4/c1-33-24-9-8-20(18-25(24)34-2)11-17-35-27-29-12-10-23(30-27)21-6-5-7-22(19-21)26(32)28-13-16-31-14-3-4-15-31/h5-10,12,18-19H,3-4,11,13-17H2,1-2H3,(H,28,32). The number of carbonyl (C=O) groups excluding carboxylic acids is 1. The van der Waals surface area contributed by atoms with Crippen LogP contribution < -0.4 is 19.5 Å². The third-order valence-corrected chi connectivity index (χ3v) is 6.04. The maximum absolute atomic E-state index is 12.6. The van der Waals surface area contributed by atoms with Crippen molar-refractivity contribution in [1.82, 2.24) is 20.2 Å². The Morgan fingerprint density at radius 3 is 2.66 bits per heavy atom. The molecule has 8 nitrogen and oxygen atoms in total. The lowest BCUT2D eigenvalue weighted by molar-refractivity contribution is 0.0950. The molecule has 0 spiro atoms. The molecule has 0 aliphatic carbocycles. The van der Waals surface area contributed by atoms with Crippen molar-refractivity contribution in [3.63, 3.8) is 0 Å². The highest BCUT2D eigenvalue weighted by molar-refractivity contribution is 5.95. The van der Waals surface area contributed by atoms with E-state index in [4.69, 9.17) is 14.2 Å².